The molecule has 0 radical (unpaired) electrons. The van der Waals surface area contributed by atoms with Gasteiger partial charge in [-0.3, -0.25) is 4.84 Å². The molecule has 1 atom stereocenters. The van der Waals surface area contributed by atoms with Crippen molar-refractivity contribution in [3.63, 3.8) is 0 Å². The molecule has 0 heterocycles. The van der Waals surface area contributed by atoms with Crippen molar-refractivity contribution < 1.29 is 4.84 Å². The smallest absolute Gasteiger partial charge is 0.0813 e. The fraction of sp³-hybridized carbons (Fsp3) is 0.571. The lowest BCUT2D eigenvalue weighted by molar-refractivity contribution is -0.0922. The Bertz CT molecular complexity index is 324. The first-order valence-corrected chi connectivity index (χ1v) is 6.05. The molecule has 1 fully saturated rings. The Balaban J connectivity index is 2.01. The summed E-state index contributed by atoms with van der Waals surface area (Å²) in [5.74, 6) is 0.741. The van der Waals surface area contributed by atoms with E-state index in [9.17, 15) is 0 Å². The van der Waals surface area contributed by atoms with Crippen molar-refractivity contribution in [2.75, 3.05) is 0 Å². The summed E-state index contributed by atoms with van der Waals surface area (Å²) in [6.07, 6.45) is 2.61. The predicted molar refractivity (Wildman–Crippen MR) is 65.9 cm³/mol. The molecular formula is C14H21NO. The minimum absolute atomic E-state index is 0.137. The molecule has 88 valence electrons. The number of rotatable bonds is 4. The standard InChI is InChI=1S/C14H21NO/c1-14(2,3)16-15-13(12-9-10-12)11-7-5-4-6-8-11/h4-8,12-13,15H,9-10H2,1-3H3. The van der Waals surface area contributed by atoms with Gasteiger partial charge < -0.3 is 0 Å². The highest BCUT2D eigenvalue weighted by Gasteiger charge is 2.33. The van der Waals surface area contributed by atoms with Crippen LogP contribution in [0.1, 0.15) is 45.2 Å². The van der Waals surface area contributed by atoms with E-state index in [0.29, 0.717) is 6.04 Å². The third kappa shape index (κ3) is 3.32. The van der Waals surface area contributed by atoms with E-state index in [4.69, 9.17) is 4.84 Å². The summed E-state index contributed by atoms with van der Waals surface area (Å²) in [7, 11) is 0. The lowest BCUT2D eigenvalue weighted by Gasteiger charge is -2.25. The third-order valence-electron chi connectivity index (χ3n) is 2.74. The number of hydrogen-bond donors (Lipinski definition) is 1. The summed E-state index contributed by atoms with van der Waals surface area (Å²) in [6.45, 7) is 6.19. The zero-order valence-corrected chi connectivity index (χ0v) is 10.4. The minimum Gasteiger partial charge on any atom is -0.295 e. The third-order valence-corrected chi connectivity index (χ3v) is 2.74. The molecule has 1 aromatic carbocycles. The Morgan fingerprint density at radius 3 is 2.31 bits per heavy atom. The molecule has 2 rings (SSSR count). The van der Waals surface area contributed by atoms with Crippen LogP contribution >= 0.6 is 0 Å². The molecule has 0 amide bonds. The van der Waals surface area contributed by atoms with Gasteiger partial charge >= 0.3 is 0 Å². The maximum absolute atomic E-state index is 5.70. The monoisotopic (exact) mass is 219 g/mol. The van der Waals surface area contributed by atoms with Crippen LogP contribution in [0.2, 0.25) is 0 Å². The number of benzene rings is 1. The molecule has 16 heavy (non-hydrogen) atoms. The van der Waals surface area contributed by atoms with Crippen LogP contribution in [0, 0.1) is 5.92 Å². The zero-order valence-electron chi connectivity index (χ0n) is 10.4. The van der Waals surface area contributed by atoms with Gasteiger partial charge in [0.05, 0.1) is 11.6 Å². The molecule has 0 spiro atoms. The summed E-state index contributed by atoms with van der Waals surface area (Å²) in [5, 5.41) is 0. The van der Waals surface area contributed by atoms with E-state index in [1.807, 2.05) is 0 Å². The van der Waals surface area contributed by atoms with Crippen molar-refractivity contribution in [2.24, 2.45) is 5.92 Å². The molecule has 1 aromatic rings. The molecule has 2 nitrogen and oxygen atoms in total. The lowest BCUT2D eigenvalue weighted by atomic mass is 10.0. The van der Waals surface area contributed by atoms with Gasteiger partial charge in [0.2, 0.25) is 0 Å². The molecule has 1 aliphatic carbocycles. The van der Waals surface area contributed by atoms with Gasteiger partial charge in [0.1, 0.15) is 0 Å². The van der Waals surface area contributed by atoms with E-state index in [1.54, 1.807) is 0 Å². The average Bonchev–Trinajstić information content (AvgIpc) is 3.02. The highest BCUT2D eigenvalue weighted by atomic mass is 16.7. The average molecular weight is 219 g/mol. The molecule has 1 aliphatic rings. The molecule has 1 saturated carbocycles. The topological polar surface area (TPSA) is 21.3 Å². The van der Waals surface area contributed by atoms with Crippen LogP contribution < -0.4 is 5.48 Å². The number of nitrogens with one attached hydrogen (secondary N) is 1. The number of hydroxylamine groups is 1. The molecule has 0 aromatic heterocycles. The van der Waals surface area contributed by atoms with Crippen LogP contribution in [0.5, 0.6) is 0 Å². The lowest BCUT2D eigenvalue weighted by Crippen LogP contribution is -2.33. The van der Waals surface area contributed by atoms with Crippen LogP contribution in [0.4, 0.5) is 0 Å². The van der Waals surface area contributed by atoms with Gasteiger partial charge in [0.25, 0.3) is 0 Å². The van der Waals surface area contributed by atoms with Gasteiger partial charge in [-0.1, -0.05) is 30.3 Å². The van der Waals surface area contributed by atoms with Crippen molar-refractivity contribution in [1.82, 2.24) is 5.48 Å². The summed E-state index contributed by atoms with van der Waals surface area (Å²) >= 11 is 0. The minimum atomic E-state index is -0.137. The van der Waals surface area contributed by atoms with Crippen molar-refractivity contribution in [1.29, 1.82) is 0 Å². The zero-order chi connectivity index (χ0) is 11.6. The largest absolute Gasteiger partial charge is 0.295 e. The van der Waals surface area contributed by atoms with Gasteiger partial charge in [-0.2, -0.15) is 5.48 Å². The van der Waals surface area contributed by atoms with E-state index >= 15 is 0 Å². The van der Waals surface area contributed by atoms with E-state index in [2.05, 4.69) is 56.6 Å². The van der Waals surface area contributed by atoms with E-state index in [0.717, 1.165) is 5.92 Å². The van der Waals surface area contributed by atoms with Gasteiger partial charge in [-0.05, 0) is 45.1 Å². The van der Waals surface area contributed by atoms with Gasteiger partial charge in [-0.15, -0.1) is 0 Å². The van der Waals surface area contributed by atoms with Gasteiger partial charge in [0.15, 0.2) is 0 Å². The Morgan fingerprint density at radius 1 is 1.19 bits per heavy atom. The summed E-state index contributed by atoms with van der Waals surface area (Å²) in [4.78, 5) is 5.70. The Kier molecular flexibility index (Phi) is 3.31. The van der Waals surface area contributed by atoms with E-state index in [-0.39, 0.29) is 5.60 Å². The Labute approximate surface area is 98.0 Å². The second-order valence-corrected chi connectivity index (χ2v) is 5.56. The SMILES string of the molecule is CC(C)(C)ONC(c1ccccc1)C1CC1. The second-order valence-electron chi connectivity index (χ2n) is 5.56. The summed E-state index contributed by atoms with van der Waals surface area (Å²) in [6, 6.07) is 10.9. The maximum Gasteiger partial charge on any atom is 0.0813 e. The summed E-state index contributed by atoms with van der Waals surface area (Å²) < 4.78 is 0. The summed E-state index contributed by atoms with van der Waals surface area (Å²) in [5.41, 5.74) is 4.43. The van der Waals surface area contributed by atoms with Crippen LogP contribution in [0.3, 0.4) is 0 Å². The first-order chi connectivity index (χ1) is 7.56. The van der Waals surface area contributed by atoms with Crippen molar-refractivity contribution in [3.05, 3.63) is 35.9 Å². The quantitative estimate of drug-likeness (QED) is 0.783. The fourth-order valence-corrected chi connectivity index (χ4v) is 1.77. The molecule has 0 saturated heterocycles. The van der Waals surface area contributed by atoms with E-state index in [1.165, 1.54) is 18.4 Å². The van der Waals surface area contributed by atoms with Crippen molar-refractivity contribution >= 4 is 0 Å². The van der Waals surface area contributed by atoms with Crippen LogP contribution in [0.15, 0.2) is 30.3 Å². The van der Waals surface area contributed by atoms with E-state index < -0.39 is 0 Å². The second kappa shape index (κ2) is 4.56. The maximum atomic E-state index is 5.70. The normalized spacial score (nSPS) is 18.4. The van der Waals surface area contributed by atoms with Gasteiger partial charge in [0, 0.05) is 0 Å². The Hall–Kier alpha value is -0.860. The Morgan fingerprint density at radius 2 is 1.81 bits per heavy atom. The van der Waals surface area contributed by atoms with Crippen molar-refractivity contribution in [2.45, 2.75) is 45.3 Å². The molecule has 0 aliphatic heterocycles. The molecule has 0 bridgehead atoms. The first kappa shape index (κ1) is 11.6. The highest BCUT2D eigenvalue weighted by Crippen LogP contribution is 2.41. The molecular weight excluding hydrogens is 198 g/mol. The molecule has 1 unspecified atom stereocenters. The van der Waals surface area contributed by atoms with Crippen LogP contribution in [-0.2, 0) is 4.84 Å². The van der Waals surface area contributed by atoms with Gasteiger partial charge in [-0.25, -0.2) is 0 Å². The predicted octanol–water partition coefficient (Wildman–Crippen LogP) is 3.46. The molecule has 1 N–H and O–H groups in total. The number of hydrogen-bond acceptors (Lipinski definition) is 2. The first-order valence-electron chi connectivity index (χ1n) is 6.05. The van der Waals surface area contributed by atoms with Crippen LogP contribution in [0.25, 0.3) is 0 Å². The molecule has 2 heteroatoms. The highest BCUT2D eigenvalue weighted by molar-refractivity contribution is 5.20. The van der Waals surface area contributed by atoms with Crippen molar-refractivity contribution in [3.8, 4) is 0 Å². The van der Waals surface area contributed by atoms with Crippen LogP contribution in [-0.4, -0.2) is 5.60 Å². The fourth-order valence-electron chi connectivity index (χ4n) is 1.77.